The van der Waals surface area contributed by atoms with Crippen LogP contribution in [0.1, 0.15) is 25.0 Å². The summed E-state index contributed by atoms with van der Waals surface area (Å²) in [5.41, 5.74) is 2.16. The van der Waals surface area contributed by atoms with Crippen LogP contribution in [0.3, 0.4) is 0 Å². The van der Waals surface area contributed by atoms with Crippen LogP contribution >= 0.6 is 0 Å². The molecule has 0 aliphatic carbocycles. The van der Waals surface area contributed by atoms with Gasteiger partial charge in [-0.25, -0.2) is 8.42 Å². The number of amides is 1. The first-order valence-corrected chi connectivity index (χ1v) is 10.4. The number of sulfonamides is 1. The van der Waals surface area contributed by atoms with E-state index < -0.39 is 22.0 Å². The average molecular weight is 402 g/mol. The maximum absolute atomic E-state index is 12.8. The van der Waals surface area contributed by atoms with Crippen LogP contribution in [-0.2, 0) is 32.5 Å². The first-order chi connectivity index (χ1) is 13.2. The van der Waals surface area contributed by atoms with Crippen molar-refractivity contribution in [2.24, 2.45) is 0 Å². The fraction of sp³-hybridized carbons (Fsp3) is 0.300. The lowest BCUT2D eigenvalue weighted by atomic mass is 10.1. The molecule has 8 heteroatoms. The Morgan fingerprint density at radius 2 is 1.89 bits per heavy atom. The van der Waals surface area contributed by atoms with Crippen molar-refractivity contribution in [2.75, 3.05) is 4.90 Å². The molecule has 0 bridgehead atoms. The number of hydrogen-bond donors (Lipinski definition) is 2. The molecule has 0 fully saturated rings. The standard InChI is InChI=1S/C20H22N2O5S/c1-13-10-16-12-17(8-9-19(16)22(13)14(2)23)28(26,27)21-18(20(24)25)11-15-6-4-3-5-7-15/h3-9,12-13,18,21H,10-11H2,1-2H3,(H,24,25)/t13-,18+/m1/s1. The van der Waals surface area contributed by atoms with Crippen LogP contribution in [0, 0.1) is 0 Å². The third kappa shape index (κ3) is 4.07. The van der Waals surface area contributed by atoms with Gasteiger partial charge in [0.05, 0.1) is 4.90 Å². The highest BCUT2D eigenvalue weighted by Gasteiger charge is 2.31. The van der Waals surface area contributed by atoms with Crippen molar-refractivity contribution in [3.8, 4) is 0 Å². The molecule has 0 unspecified atom stereocenters. The summed E-state index contributed by atoms with van der Waals surface area (Å²) in [6.07, 6.45) is 0.583. The number of anilines is 1. The van der Waals surface area contributed by atoms with Crippen LogP contribution < -0.4 is 9.62 Å². The zero-order valence-corrected chi connectivity index (χ0v) is 16.4. The second-order valence-corrected chi connectivity index (χ2v) is 8.65. The second-order valence-electron chi connectivity index (χ2n) is 6.93. The Kier molecular flexibility index (Phi) is 5.53. The summed E-state index contributed by atoms with van der Waals surface area (Å²) in [6, 6.07) is 12.0. The smallest absolute Gasteiger partial charge is 0.322 e. The van der Waals surface area contributed by atoms with Crippen LogP contribution in [0.25, 0.3) is 0 Å². The summed E-state index contributed by atoms with van der Waals surface area (Å²) in [5, 5.41) is 9.46. The van der Waals surface area contributed by atoms with Gasteiger partial charge in [-0.2, -0.15) is 4.72 Å². The summed E-state index contributed by atoms with van der Waals surface area (Å²) in [5.74, 6) is -1.35. The molecule has 2 aromatic rings. The summed E-state index contributed by atoms with van der Waals surface area (Å²) >= 11 is 0. The average Bonchev–Trinajstić information content (AvgIpc) is 2.96. The maximum Gasteiger partial charge on any atom is 0.322 e. The molecule has 0 spiro atoms. The van der Waals surface area contributed by atoms with Gasteiger partial charge >= 0.3 is 5.97 Å². The van der Waals surface area contributed by atoms with Gasteiger partial charge < -0.3 is 10.0 Å². The third-order valence-corrected chi connectivity index (χ3v) is 6.26. The van der Waals surface area contributed by atoms with E-state index in [0.717, 1.165) is 11.1 Å². The van der Waals surface area contributed by atoms with Gasteiger partial charge in [0.15, 0.2) is 0 Å². The lowest BCUT2D eigenvalue weighted by Crippen LogP contribution is -2.42. The molecule has 1 amide bonds. The second kappa shape index (κ2) is 7.73. The number of carbonyl (C=O) groups excluding carboxylic acids is 1. The number of fused-ring (bicyclic) bond motifs is 1. The maximum atomic E-state index is 12.8. The van der Waals surface area contributed by atoms with Gasteiger partial charge in [-0.1, -0.05) is 30.3 Å². The van der Waals surface area contributed by atoms with E-state index in [0.29, 0.717) is 12.1 Å². The highest BCUT2D eigenvalue weighted by molar-refractivity contribution is 7.89. The van der Waals surface area contributed by atoms with E-state index in [-0.39, 0.29) is 23.3 Å². The molecule has 0 saturated carbocycles. The monoisotopic (exact) mass is 402 g/mol. The molecule has 2 atom stereocenters. The van der Waals surface area contributed by atoms with Crippen LogP contribution in [0.2, 0.25) is 0 Å². The van der Waals surface area contributed by atoms with Crippen molar-refractivity contribution in [3.63, 3.8) is 0 Å². The Morgan fingerprint density at radius 1 is 1.21 bits per heavy atom. The van der Waals surface area contributed by atoms with Crippen molar-refractivity contribution >= 4 is 27.6 Å². The Morgan fingerprint density at radius 3 is 2.50 bits per heavy atom. The van der Waals surface area contributed by atoms with E-state index in [2.05, 4.69) is 4.72 Å². The highest BCUT2D eigenvalue weighted by atomic mass is 32.2. The number of nitrogens with zero attached hydrogens (tertiary/aromatic N) is 1. The predicted molar refractivity (Wildman–Crippen MR) is 105 cm³/mol. The number of carboxylic acids is 1. The molecule has 7 nitrogen and oxygen atoms in total. The van der Waals surface area contributed by atoms with Crippen molar-refractivity contribution in [3.05, 3.63) is 59.7 Å². The normalized spacial score (nSPS) is 17.2. The summed E-state index contributed by atoms with van der Waals surface area (Å²) in [7, 11) is -4.04. The minimum absolute atomic E-state index is 0.0110. The van der Waals surface area contributed by atoms with Crippen molar-refractivity contribution in [1.82, 2.24) is 4.72 Å². The van der Waals surface area contributed by atoms with Crippen LogP contribution in [-0.4, -0.2) is 37.5 Å². The molecule has 148 valence electrons. The Hall–Kier alpha value is -2.71. The van der Waals surface area contributed by atoms with Crippen LogP contribution in [0.5, 0.6) is 0 Å². The van der Waals surface area contributed by atoms with Gasteiger partial charge in [-0.3, -0.25) is 9.59 Å². The zero-order valence-electron chi connectivity index (χ0n) is 15.6. The van der Waals surface area contributed by atoms with Gasteiger partial charge in [-0.05, 0) is 49.1 Å². The Bertz CT molecular complexity index is 1000. The lowest BCUT2D eigenvalue weighted by Gasteiger charge is -2.20. The predicted octanol–water partition coefficient (Wildman–Crippen LogP) is 1.96. The van der Waals surface area contributed by atoms with Crippen LogP contribution in [0.4, 0.5) is 5.69 Å². The molecule has 2 aromatic carbocycles. The number of rotatable bonds is 6. The fourth-order valence-electron chi connectivity index (χ4n) is 3.54. The summed E-state index contributed by atoms with van der Waals surface area (Å²) in [6.45, 7) is 3.37. The number of benzene rings is 2. The van der Waals surface area contributed by atoms with Crippen molar-refractivity contribution < 1.29 is 23.1 Å². The number of aliphatic carboxylic acids is 1. The molecule has 1 aliphatic heterocycles. The minimum atomic E-state index is -4.04. The van der Waals surface area contributed by atoms with E-state index in [9.17, 15) is 23.1 Å². The molecular weight excluding hydrogens is 380 g/mol. The molecule has 0 radical (unpaired) electrons. The molecular formula is C20H22N2O5S. The largest absolute Gasteiger partial charge is 0.480 e. The Balaban J connectivity index is 1.85. The molecule has 1 aliphatic rings. The molecule has 1 heterocycles. The molecule has 0 aromatic heterocycles. The van der Waals surface area contributed by atoms with Crippen molar-refractivity contribution in [2.45, 2.75) is 43.7 Å². The number of hydrogen-bond acceptors (Lipinski definition) is 4. The molecule has 28 heavy (non-hydrogen) atoms. The van der Waals surface area contributed by atoms with Gasteiger partial charge in [0.1, 0.15) is 6.04 Å². The Labute approximate surface area is 164 Å². The van der Waals surface area contributed by atoms with E-state index >= 15 is 0 Å². The first-order valence-electron chi connectivity index (χ1n) is 8.91. The summed E-state index contributed by atoms with van der Waals surface area (Å²) < 4.78 is 27.8. The fourth-order valence-corrected chi connectivity index (χ4v) is 4.78. The van der Waals surface area contributed by atoms with E-state index in [4.69, 9.17) is 0 Å². The van der Waals surface area contributed by atoms with Gasteiger partial charge in [0, 0.05) is 18.7 Å². The quantitative estimate of drug-likeness (QED) is 0.769. The van der Waals surface area contributed by atoms with Gasteiger partial charge in [0.2, 0.25) is 15.9 Å². The van der Waals surface area contributed by atoms with E-state index in [1.165, 1.54) is 19.1 Å². The number of carbonyl (C=O) groups is 2. The SMILES string of the molecule is CC(=O)N1c2ccc(S(=O)(=O)N[C@@H](Cc3ccccc3)C(=O)O)cc2C[C@H]1C. The minimum Gasteiger partial charge on any atom is -0.480 e. The lowest BCUT2D eigenvalue weighted by molar-refractivity contribution is -0.138. The van der Waals surface area contributed by atoms with Crippen LogP contribution in [0.15, 0.2) is 53.4 Å². The molecule has 0 saturated heterocycles. The number of nitrogens with one attached hydrogen (secondary N) is 1. The summed E-state index contributed by atoms with van der Waals surface area (Å²) in [4.78, 5) is 25.0. The zero-order chi connectivity index (χ0) is 20.5. The van der Waals surface area contributed by atoms with Gasteiger partial charge in [-0.15, -0.1) is 0 Å². The topological polar surface area (TPSA) is 104 Å². The number of carboxylic acid groups (broad SMARTS) is 1. The highest BCUT2D eigenvalue weighted by Crippen LogP contribution is 2.33. The van der Waals surface area contributed by atoms with E-state index in [1.807, 2.05) is 6.92 Å². The molecule has 3 rings (SSSR count). The first kappa shape index (κ1) is 20.0. The van der Waals surface area contributed by atoms with Gasteiger partial charge in [0.25, 0.3) is 0 Å². The third-order valence-electron chi connectivity index (χ3n) is 4.79. The van der Waals surface area contributed by atoms with Crippen molar-refractivity contribution in [1.29, 1.82) is 0 Å². The van der Waals surface area contributed by atoms with E-state index in [1.54, 1.807) is 41.3 Å². The molecule has 2 N–H and O–H groups in total.